The molecule has 1 aliphatic rings. The van der Waals surface area contributed by atoms with Crippen LogP contribution in [0, 0.1) is 20.8 Å². The van der Waals surface area contributed by atoms with E-state index in [1.807, 2.05) is 24.3 Å². The van der Waals surface area contributed by atoms with E-state index in [4.69, 9.17) is 4.74 Å². The highest BCUT2D eigenvalue weighted by Gasteiger charge is 2.27. The lowest BCUT2D eigenvalue weighted by Crippen LogP contribution is -2.16. The van der Waals surface area contributed by atoms with Crippen molar-refractivity contribution in [2.24, 2.45) is 0 Å². The first-order valence-electron chi connectivity index (χ1n) is 14.1. The van der Waals surface area contributed by atoms with E-state index in [9.17, 15) is 0 Å². The summed E-state index contributed by atoms with van der Waals surface area (Å²) in [7, 11) is 0. The number of nitrogens with zero attached hydrogens (tertiary/aromatic N) is 1. The molecule has 0 saturated carbocycles. The Balaban J connectivity index is 1.60. The first-order valence-corrected chi connectivity index (χ1v) is 14.1. The third kappa shape index (κ3) is 4.58. The molecule has 1 heterocycles. The molecule has 0 N–H and O–H groups in total. The first kappa shape index (κ1) is 24.9. The molecule has 0 atom stereocenters. The standard InChI is InChI=1S/C39H31NO/c1-26-11-8-14-29(21-26)33-24-32(40-35-17-4-6-19-37(35)41-38-20-7-5-18-36(38)40)25-34(30-15-9-12-27(2)22-30)39(33)31-16-10-13-28(3)23-31/h4-25H,1-3H3. The zero-order valence-corrected chi connectivity index (χ0v) is 23.6. The van der Waals surface area contributed by atoms with Crippen LogP contribution in [0.15, 0.2) is 133 Å². The molecule has 1 aliphatic heterocycles. The van der Waals surface area contributed by atoms with Gasteiger partial charge in [-0.3, -0.25) is 0 Å². The number of hydrogen-bond donors (Lipinski definition) is 0. The van der Waals surface area contributed by atoms with Crippen molar-refractivity contribution in [1.82, 2.24) is 0 Å². The minimum absolute atomic E-state index is 0.850. The quantitative estimate of drug-likeness (QED) is 0.225. The van der Waals surface area contributed by atoms with Gasteiger partial charge in [0.05, 0.1) is 11.4 Å². The third-order valence-corrected chi connectivity index (χ3v) is 7.78. The highest BCUT2D eigenvalue weighted by molar-refractivity contribution is 5.99. The van der Waals surface area contributed by atoms with Gasteiger partial charge in [-0.2, -0.15) is 0 Å². The number of aryl methyl sites for hydroxylation is 3. The summed E-state index contributed by atoms with van der Waals surface area (Å²) in [5, 5.41) is 0. The van der Waals surface area contributed by atoms with Crippen molar-refractivity contribution in [2.45, 2.75) is 20.8 Å². The first-order chi connectivity index (χ1) is 20.0. The molecule has 6 aromatic rings. The molecule has 0 fully saturated rings. The van der Waals surface area contributed by atoms with Crippen LogP contribution in [0.5, 0.6) is 11.5 Å². The zero-order chi connectivity index (χ0) is 27.9. The monoisotopic (exact) mass is 529 g/mol. The van der Waals surface area contributed by atoms with Gasteiger partial charge in [0.1, 0.15) is 0 Å². The van der Waals surface area contributed by atoms with Crippen molar-refractivity contribution in [3.63, 3.8) is 0 Å². The normalized spacial score (nSPS) is 11.9. The molecule has 0 amide bonds. The van der Waals surface area contributed by atoms with Crippen molar-refractivity contribution >= 4 is 17.1 Å². The van der Waals surface area contributed by atoms with E-state index in [1.54, 1.807) is 0 Å². The fourth-order valence-corrected chi connectivity index (χ4v) is 5.93. The molecular formula is C39H31NO. The molecule has 7 rings (SSSR count). The summed E-state index contributed by atoms with van der Waals surface area (Å²) in [6.45, 7) is 6.49. The molecule has 198 valence electrons. The maximum Gasteiger partial charge on any atom is 0.151 e. The van der Waals surface area contributed by atoms with Gasteiger partial charge in [0.2, 0.25) is 0 Å². The molecule has 0 unspecified atom stereocenters. The van der Waals surface area contributed by atoms with Crippen LogP contribution in [-0.4, -0.2) is 0 Å². The fraction of sp³-hybridized carbons (Fsp3) is 0.0769. The minimum atomic E-state index is 0.850. The van der Waals surface area contributed by atoms with Crippen LogP contribution in [0.25, 0.3) is 33.4 Å². The largest absolute Gasteiger partial charge is 0.453 e. The van der Waals surface area contributed by atoms with Gasteiger partial charge in [0.25, 0.3) is 0 Å². The Morgan fingerprint density at radius 1 is 0.439 bits per heavy atom. The van der Waals surface area contributed by atoms with Gasteiger partial charge < -0.3 is 9.64 Å². The number of benzene rings is 6. The van der Waals surface area contributed by atoms with Crippen molar-refractivity contribution in [2.75, 3.05) is 4.90 Å². The van der Waals surface area contributed by atoms with E-state index < -0.39 is 0 Å². The van der Waals surface area contributed by atoms with Crippen molar-refractivity contribution in [1.29, 1.82) is 0 Å². The molecule has 0 aliphatic carbocycles. The van der Waals surface area contributed by atoms with Gasteiger partial charge in [-0.15, -0.1) is 0 Å². The smallest absolute Gasteiger partial charge is 0.151 e. The highest BCUT2D eigenvalue weighted by Crippen LogP contribution is 2.52. The van der Waals surface area contributed by atoms with Gasteiger partial charge in [-0.1, -0.05) is 114 Å². The summed E-state index contributed by atoms with van der Waals surface area (Å²) < 4.78 is 6.35. The third-order valence-electron chi connectivity index (χ3n) is 7.78. The number of hydrogen-bond acceptors (Lipinski definition) is 2. The molecule has 0 spiro atoms. The molecule has 2 nitrogen and oxygen atoms in total. The second kappa shape index (κ2) is 10.1. The maximum absolute atomic E-state index is 6.35. The Hall–Kier alpha value is -5.08. The number of fused-ring (bicyclic) bond motifs is 2. The molecule has 0 aromatic heterocycles. The Bertz CT molecular complexity index is 1810. The number of para-hydroxylation sites is 4. The van der Waals surface area contributed by atoms with Gasteiger partial charge in [0, 0.05) is 5.69 Å². The summed E-state index contributed by atoms with van der Waals surface area (Å²) >= 11 is 0. The van der Waals surface area contributed by atoms with Gasteiger partial charge in [-0.05, 0) is 90.6 Å². The lowest BCUT2D eigenvalue weighted by Gasteiger charge is -2.34. The zero-order valence-electron chi connectivity index (χ0n) is 23.6. The molecule has 0 bridgehead atoms. The second-order valence-corrected chi connectivity index (χ2v) is 10.9. The number of ether oxygens (including phenoxy) is 1. The Labute approximate surface area is 242 Å². The Kier molecular flexibility index (Phi) is 6.17. The van der Waals surface area contributed by atoms with E-state index in [-0.39, 0.29) is 0 Å². The predicted molar refractivity (Wildman–Crippen MR) is 172 cm³/mol. The molecule has 6 aromatic carbocycles. The lowest BCUT2D eigenvalue weighted by molar-refractivity contribution is 0.477. The van der Waals surface area contributed by atoms with Crippen LogP contribution in [0.1, 0.15) is 16.7 Å². The van der Waals surface area contributed by atoms with Crippen molar-refractivity contribution in [3.8, 4) is 44.9 Å². The second-order valence-electron chi connectivity index (χ2n) is 10.9. The average Bonchev–Trinajstić information content (AvgIpc) is 2.99. The van der Waals surface area contributed by atoms with Crippen LogP contribution < -0.4 is 9.64 Å². The molecule has 2 heteroatoms. The van der Waals surface area contributed by atoms with Gasteiger partial charge in [0.15, 0.2) is 11.5 Å². The van der Waals surface area contributed by atoms with Crippen LogP contribution in [0.2, 0.25) is 0 Å². The summed E-state index contributed by atoms with van der Waals surface area (Å²) in [6.07, 6.45) is 0. The van der Waals surface area contributed by atoms with Crippen molar-refractivity contribution < 1.29 is 4.74 Å². The van der Waals surface area contributed by atoms with E-state index in [0.717, 1.165) is 28.6 Å². The molecule has 0 radical (unpaired) electrons. The van der Waals surface area contributed by atoms with Crippen LogP contribution >= 0.6 is 0 Å². The average molecular weight is 530 g/mol. The maximum atomic E-state index is 6.35. The van der Waals surface area contributed by atoms with E-state index in [0.29, 0.717) is 0 Å². The van der Waals surface area contributed by atoms with Crippen LogP contribution in [-0.2, 0) is 0 Å². The van der Waals surface area contributed by atoms with Gasteiger partial charge in [-0.25, -0.2) is 0 Å². The summed E-state index contributed by atoms with van der Waals surface area (Å²) in [5.74, 6) is 1.70. The Morgan fingerprint density at radius 2 is 0.878 bits per heavy atom. The van der Waals surface area contributed by atoms with Crippen LogP contribution in [0.3, 0.4) is 0 Å². The van der Waals surface area contributed by atoms with Gasteiger partial charge >= 0.3 is 0 Å². The number of rotatable bonds is 4. The molecule has 41 heavy (non-hydrogen) atoms. The summed E-state index contributed by atoms with van der Waals surface area (Å²) in [5.41, 5.74) is 14.1. The summed E-state index contributed by atoms with van der Waals surface area (Å²) in [4.78, 5) is 2.34. The SMILES string of the molecule is Cc1cccc(-c2cc(N3c4ccccc4Oc4ccccc43)cc(-c3cccc(C)c3)c2-c2cccc(C)c2)c1. The number of anilines is 3. The topological polar surface area (TPSA) is 12.5 Å². The summed E-state index contributed by atoms with van der Waals surface area (Å²) in [6, 6.07) is 47.8. The molecule has 0 saturated heterocycles. The predicted octanol–water partition coefficient (Wildman–Crippen LogP) is 11.2. The van der Waals surface area contributed by atoms with E-state index >= 15 is 0 Å². The van der Waals surface area contributed by atoms with E-state index in [1.165, 1.54) is 50.1 Å². The minimum Gasteiger partial charge on any atom is -0.453 e. The highest BCUT2D eigenvalue weighted by atomic mass is 16.5. The molecular weight excluding hydrogens is 498 g/mol. The lowest BCUT2D eigenvalue weighted by atomic mass is 9.85. The Morgan fingerprint density at radius 3 is 1.37 bits per heavy atom. The van der Waals surface area contributed by atoms with Crippen molar-refractivity contribution in [3.05, 3.63) is 150 Å². The fourth-order valence-electron chi connectivity index (χ4n) is 5.93. The van der Waals surface area contributed by atoms with E-state index in [2.05, 4.69) is 135 Å². The van der Waals surface area contributed by atoms with Crippen LogP contribution in [0.4, 0.5) is 17.1 Å².